The van der Waals surface area contributed by atoms with Crippen LogP contribution in [0.2, 0.25) is 0 Å². The van der Waals surface area contributed by atoms with Gasteiger partial charge in [0.05, 0.1) is 19.9 Å². The van der Waals surface area contributed by atoms with Crippen molar-refractivity contribution in [1.29, 1.82) is 5.26 Å². The van der Waals surface area contributed by atoms with E-state index in [0.29, 0.717) is 17.2 Å². The number of hydrogen-bond donors (Lipinski definition) is 2. The second-order valence-electron chi connectivity index (χ2n) is 3.48. The molecule has 1 amide bonds. The molecule has 0 saturated heterocycles. The maximum Gasteiger partial charge on any atom is 0.267 e. The lowest BCUT2D eigenvalue weighted by Gasteiger charge is -2.11. The lowest BCUT2D eigenvalue weighted by Crippen LogP contribution is -2.16. The lowest BCUT2D eigenvalue weighted by atomic mass is 10.2. The first-order valence-electron chi connectivity index (χ1n) is 5.47. The molecule has 0 aliphatic carbocycles. The smallest absolute Gasteiger partial charge is 0.267 e. The first-order chi connectivity index (χ1) is 9.15. The summed E-state index contributed by atoms with van der Waals surface area (Å²) < 4.78 is 10.2. The third-order valence-corrected chi connectivity index (χ3v) is 2.31. The predicted octanol–water partition coefficient (Wildman–Crippen LogP) is 1.27. The van der Waals surface area contributed by atoms with Crippen LogP contribution in [0.1, 0.15) is 0 Å². The van der Waals surface area contributed by atoms with E-state index in [-0.39, 0.29) is 5.57 Å². The molecule has 0 aromatic heterocycles. The van der Waals surface area contributed by atoms with Crippen molar-refractivity contribution in [1.82, 2.24) is 5.32 Å². The SMILES string of the molecule is CN/C=C(/C#N)C(=O)Nc1cc(OC)ccc1OC. The lowest BCUT2D eigenvalue weighted by molar-refractivity contribution is -0.112. The molecule has 19 heavy (non-hydrogen) atoms. The zero-order chi connectivity index (χ0) is 14.3. The molecule has 2 N–H and O–H groups in total. The molecule has 0 heterocycles. The van der Waals surface area contributed by atoms with Gasteiger partial charge >= 0.3 is 0 Å². The van der Waals surface area contributed by atoms with Crippen LogP contribution in [0, 0.1) is 11.3 Å². The number of nitrogens with zero attached hydrogens (tertiary/aromatic N) is 1. The molecule has 1 aromatic carbocycles. The largest absolute Gasteiger partial charge is 0.497 e. The van der Waals surface area contributed by atoms with Gasteiger partial charge in [0.25, 0.3) is 5.91 Å². The third kappa shape index (κ3) is 3.64. The van der Waals surface area contributed by atoms with Gasteiger partial charge in [-0.1, -0.05) is 0 Å². The van der Waals surface area contributed by atoms with Crippen molar-refractivity contribution in [3.05, 3.63) is 30.0 Å². The second kappa shape index (κ2) is 6.91. The van der Waals surface area contributed by atoms with Crippen LogP contribution in [-0.2, 0) is 4.79 Å². The highest BCUT2D eigenvalue weighted by Crippen LogP contribution is 2.29. The van der Waals surface area contributed by atoms with Crippen molar-refractivity contribution in [2.45, 2.75) is 0 Å². The molecule has 0 aliphatic rings. The molecular formula is C13H15N3O3. The Morgan fingerprint density at radius 3 is 2.63 bits per heavy atom. The highest BCUT2D eigenvalue weighted by Gasteiger charge is 2.12. The van der Waals surface area contributed by atoms with Crippen LogP contribution in [0.3, 0.4) is 0 Å². The Bertz CT molecular complexity index is 532. The Kier molecular flexibility index (Phi) is 5.23. The quantitative estimate of drug-likeness (QED) is 0.616. The number of benzene rings is 1. The summed E-state index contributed by atoms with van der Waals surface area (Å²) >= 11 is 0. The van der Waals surface area contributed by atoms with Crippen LogP contribution in [0.5, 0.6) is 11.5 Å². The van der Waals surface area contributed by atoms with E-state index in [1.54, 1.807) is 31.3 Å². The van der Waals surface area contributed by atoms with Crippen LogP contribution in [0.25, 0.3) is 0 Å². The van der Waals surface area contributed by atoms with Crippen molar-refractivity contribution in [2.75, 3.05) is 26.6 Å². The summed E-state index contributed by atoms with van der Waals surface area (Å²) in [4.78, 5) is 11.9. The van der Waals surface area contributed by atoms with Gasteiger partial charge in [0.2, 0.25) is 0 Å². The summed E-state index contributed by atoms with van der Waals surface area (Å²) in [5.41, 5.74) is 0.400. The van der Waals surface area contributed by atoms with E-state index < -0.39 is 5.91 Å². The maximum atomic E-state index is 11.9. The number of nitrogens with one attached hydrogen (secondary N) is 2. The van der Waals surface area contributed by atoms with E-state index in [1.165, 1.54) is 20.4 Å². The molecule has 0 bridgehead atoms. The normalized spacial score (nSPS) is 10.3. The van der Waals surface area contributed by atoms with Crippen molar-refractivity contribution < 1.29 is 14.3 Å². The molecule has 6 nitrogen and oxygen atoms in total. The summed E-state index contributed by atoms with van der Waals surface area (Å²) in [6.07, 6.45) is 1.32. The van der Waals surface area contributed by atoms with Crippen LogP contribution in [0.15, 0.2) is 30.0 Å². The predicted molar refractivity (Wildman–Crippen MR) is 70.9 cm³/mol. The van der Waals surface area contributed by atoms with E-state index in [2.05, 4.69) is 10.6 Å². The number of anilines is 1. The molecule has 1 rings (SSSR count). The number of carbonyl (C=O) groups excluding carboxylic acids is 1. The molecule has 1 aromatic rings. The van der Waals surface area contributed by atoms with Gasteiger partial charge in [0.1, 0.15) is 23.1 Å². The Morgan fingerprint density at radius 2 is 2.11 bits per heavy atom. The molecule has 0 aliphatic heterocycles. The van der Waals surface area contributed by atoms with Gasteiger partial charge in [0.15, 0.2) is 0 Å². The number of rotatable bonds is 5. The standard InChI is InChI=1S/C13H15N3O3/c1-15-8-9(7-14)13(17)16-11-6-10(18-2)4-5-12(11)19-3/h4-6,8,15H,1-3H3,(H,16,17)/b9-8-. The maximum absolute atomic E-state index is 11.9. The average molecular weight is 261 g/mol. The van der Waals surface area contributed by atoms with Gasteiger partial charge in [0, 0.05) is 19.3 Å². The van der Waals surface area contributed by atoms with Crippen molar-refractivity contribution >= 4 is 11.6 Å². The third-order valence-electron chi connectivity index (χ3n) is 2.31. The van der Waals surface area contributed by atoms with Gasteiger partial charge in [-0.3, -0.25) is 4.79 Å². The molecule has 100 valence electrons. The Balaban J connectivity index is 3.01. The average Bonchev–Trinajstić information content (AvgIpc) is 2.44. The molecule has 6 heteroatoms. The number of ether oxygens (including phenoxy) is 2. The Hall–Kier alpha value is -2.68. The minimum absolute atomic E-state index is 0.0348. The van der Waals surface area contributed by atoms with E-state index in [0.717, 1.165) is 0 Å². The van der Waals surface area contributed by atoms with Gasteiger partial charge in [-0.25, -0.2) is 0 Å². The number of nitriles is 1. The topological polar surface area (TPSA) is 83.4 Å². The molecular weight excluding hydrogens is 246 g/mol. The number of methoxy groups -OCH3 is 2. The van der Waals surface area contributed by atoms with Gasteiger partial charge < -0.3 is 20.1 Å². The summed E-state index contributed by atoms with van der Waals surface area (Å²) in [7, 11) is 4.62. The van der Waals surface area contributed by atoms with Crippen LogP contribution in [0.4, 0.5) is 5.69 Å². The number of hydrogen-bond acceptors (Lipinski definition) is 5. The van der Waals surface area contributed by atoms with E-state index in [4.69, 9.17) is 14.7 Å². The zero-order valence-corrected chi connectivity index (χ0v) is 11.0. The summed E-state index contributed by atoms with van der Waals surface area (Å²) in [5, 5.41) is 14.1. The minimum Gasteiger partial charge on any atom is -0.497 e. The summed E-state index contributed by atoms with van der Waals surface area (Å²) in [6, 6.07) is 6.80. The van der Waals surface area contributed by atoms with Gasteiger partial charge in [-0.2, -0.15) is 5.26 Å². The van der Waals surface area contributed by atoms with E-state index >= 15 is 0 Å². The second-order valence-corrected chi connectivity index (χ2v) is 3.48. The fourth-order valence-electron chi connectivity index (χ4n) is 1.39. The van der Waals surface area contributed by atoms with E-state index in [1.807, 2.05) is 0 Å². The fourth-order valence-corrected chi connectivity index (χ4v) is 1.39. The molecule has 0 spiro atoms. The van der Waals surface area contributed by atoms with Crippen LogP contribution < -0.4 is 20.1 Å². The van der Waals surface area contributed by atoms with Crippen molar-refractivity contribution in [3.8, 4) is 17.6 Å². The van der Waals surface area contributed by atoms with Crippen molar-refractivity contribution in [2.24, 2.45) is 0 Å². The van der Waals surface area contributed by atoms with E-state index in [9.17, 15) is 4.79 Å². The molecule has 0 fully saturated rings. The van der Waals surface area contributed by atoms with Crippen LogP contribution >= 0.6 is 0 Å². The zero-order valence-electron chi connectivity index (χ0n) is 11.0. The first-order valence-corrected chi connectivity index (χ1v) is 5.47. The Morgan fingerprint density at radius 1 is 1.37 bits per heavy atom. The molecule has 0 atom stereocenters. The number of carbonyl (C=O) groups is 1. The number of amides is 1. The van der Waals surface area contributed by atoms with Gasteiger partial charge in [-0.15, -0.1) is 0 Å². The highest BCUT2D eigenvalue weighted by atomic mass is 16.5. The molecule has 0 saturated carbocycles. The monoisotopic (exact) mass is 261 g/mol. The molecule has 0 unspecified atom stereocenters. The molecule has 0 radical (unpaired) electrons. The van der Waals surface area contributed by atoms with Crippen molar-refractivity contribution in [3.63, 3.8) is 0 Å². The minimum atomic E-state index is -0.525. The van der Waals surface area contributed by atoms with Crippen LogP contribution in [-0.4, -0.2) is 27.2 Å². The first kappa shape index (κ1) is 14.4. The van der Waals surface area contributed by atoms with Gasteiger partial charge in [-0.05, 0) is 12.1 Å². The summed E-state index contributed by atoms with van der Waals surface area (Å²) in [5.74, 6) is 0.534. The fraction of sp³-hybridized carbons (Fsp3) is 0.231. The Labute approximate surface area is 111 Å². The highest BCUT2D eigenvalue weighted by molar-refractivity contribution is 6.07. The summed E-state index contributed by atoms with van der Waals surface area (Å²) in [6.45, 7) is 0.